The Kier molecular flexibility index (Phi) is 5.94. The smallest absolute Gasteiger partial charge is 0.255 e. The van der Waals surface area contributed by atoms with Crippen LogP contribution in [-0.4, -0.2) is 17.1 Å². The minimum absolute atomic E-state index is 0.130. The second-order valence-corrected chi connectivity index (χ2v) is 6.32. The minimum atomic E-state index is -0.182. The van der Waals surface area contributed by atoms with Gasteiger partial charge in [0.1, 0.15) is 23.9 Å². The van der Waals surface area contributed by atoms with E-state index >= 15 is 0 Å². The van der Waals surface area contributed by atoms with E-state index in [9.17, 15) is 4.79 Å². The fourth-order valence-corrected chi connectivity index (χ4v) is 2.54. The average Bonchev–Trinajstić information content (AvgIpc) is 3.18. The largest absolute Gasteiger partial charge is 0.491 e. The molecule has 0 spiro atoms. The fraction of sp³-hybridized carbons (Fsp3) is 0.227. The zero-order valence-electron chi connectivity index (χ0n) is 15.4. The van der Waals surface area contributed by atoms with Crippen molar-refractivity contribution < 1.29 is 19.1 Å². The second-order valence-electron chi connectivity index (χ2n) is 6.32. The van der Waals surface area contributed by atoms with Crippen LogP contribution in [0.15, 0.2) is 65.1 Å². The SMILES string of the molecule is CCC(C)Oc1ccc(C(=O)Nc2ccc(-c3ccc(CO)o3)cc2)cc1. The first-order valence-electron chi connectivity index (χ1n) is 8.97. The van der Waals surface area contributed by atoms with Crippen molar-refractivity contribution in [1.82, 2.24) is 0 Å². The van der Waals surface area contributed by atoms with Crippen molar-refractivity contribution in [3.8, 4) is 17.1 Å². The molecule has 2 N–H and O–H groups in total. The maximum absolute atomic E-state index is 12.4. The highest BCUT2D eigenvalue weighted by Gasteiger charge is 2.09. The number of carbonyl (C=O) groups is 1. The third kappa shape index (κ3) is 4.77. The molecule has 1 unspecified atom stereocenters. The molecule has 0 aliphatic rings. The topological polar surface area (TPSA) is 71.7 Å². The summed E-state index contributed by atoms with van der Waals surface area (Å²) in [4.78, 5) is 12.4. The Hall–Kier alpha value is -3.05. The number of furan rings is 1. The van der Waals surface area contributed by atoms with E-state index in [1.165, 1.54) is 0 Å². The van der Waals surface area contributed by atoms with Gasteiger partial charge in [0.15, 0.2) is 0 Å². The Morgan fingerprint density at radius 2 is 1.78 bits per heavy atom. The van der Waals surface area contributed by atoms with Crippen LogP contribution in [0.25, 0.3) is 11.3 Å². The highest BCUT2D eigenvalue weighted by atomic mass is 16.5. The molecule has 27 heavy (non-hydrogen) atoms. The van der Waals surface area contributed by atoms with E-state index in [2.05, 4.69) is 12.2 Å². The van der Waals surface area contributed by atoms with E-state index in [1.54, 1.807) is 30.3 Å². The molecular formula is C22H23NO4. The summed E-state index contributed by atoms with van der Waals surface area (Å²) in [7, 11) is 0. The molecule has 5 nitrogen and oxygen atoms in total. The zero-order chi connectivity index (χ0) is 19.2. The van der Waals surface area contributed by atoms with Gasteiger partial charge in [-0.3, -0.25) is 4.79 Å². The quantitative estimate of drug-likeness (QED) is 0.627. The highest BCUT2D eigenvalue weighted by molar-refractivity contribution is 6.04. The van der Waals surface area contributed by atoms with E-state index in [-0.39, 0.29) is 18.6 Å². The summed E-state index contributed by atoms with van der Waals surface area (Å²) in [5.41, 5.74) is 2.13. The van der Waals surface area contributed by atoms with Gasteiger partial charge in [0.2, 0.25) is 0 Å². The molecule has 0 aliphatic carbocycles. The van der Waals surface area contributed by atoms with E-state index in [1.807, 2.05) is 37.3 Å². The van der Waals surface area contributed by atoms with E-state index in [0.717, 1.165) is 17.7 Å². The van der Waals surface area contributed by atoms with Crippen LogP contribution in [0.5, 0.6) is 5.75 Å². The molecule has 0 bridgehead atoms. The van der Waals surface area contributed by atoms with Crippen LogP contribution in [0.3, 0.4) is 0 Å². The second kappa shape index (κ2) is 8.56. The number of hydrogen-bond donors (Lipinski definition) is 2. The number of aliphatic hydroxyl groups excluding tert-OH is 1. The van der Waals surface area contributed by atoms with Gasteiger partial charge in [-0.05, 0) is 74.0 Å². The van der Waals surface area contributed by atoms with E-state index < -0.39 is 0 Å². The molecule has 1 amide bonds. The van der Waals surface area contributed by atoms with Gasteiger partial charge in [-0.2, -0.15) is 0 Å². The van der Waals surface area contributed by atoms with E-state index in [0.29, 0.717) is 22.8 Å². The first-order valence-corrected chi connectivity index (χ1v) is 8.97. The third-order valence-electron chi connectivity index (χ3n) is 4.27. The van der Waals surface area contributed by atoms with Crippen LogP contribution in [-0.2, 0) is 6.61 Å². The number of carbonyl (C=O) groups excluding carboxylic acids is 1. The third-order valence-corrected chi connectivity index (χ3v) is 4.27. The van der Waals surface area contributed by atoms with Gasteiger partial charge in [-0.15, -0.1) is 0 Å². The van der Waals surface area contributed by atoms with Crippen LogP contribution >= 0.6 is 0 Å². The molecule has 2 aromatic carbocycles. The molecule has 0 saturated carbocycles. The molecule has 140 valence electrons. The predicted octanol–water partition coefficient (Wildman–Crippen LogP) is 4.87. The van der Waals surface area contributed by atoms with Gasteiger partial charge in [-0.1, -0.05) is 6.92 Å². The van der Waals surface area contributed by atoms with Gasteiger partial charge < -0.3 is 19.6 Å². The number of nitrogens with one attached hydrogen (secondary N) is 1. The number of rotatable bonds is 7. The lowest BCUT2D eigenvalue weighted by Crippen LogP contribution is -2.12. The van der Waals surface area contributed by atoms with Crippen molar-refractivity contribution in [2.75, 3.05) is 5.32 Å². The monoisotopic (exact) mass is 365 g/mol. The lowest BCUT2D eigenvalue weighted by molar-refractivity contribution is 0.102. The van der Waals surface area contributed by atoms with Gasteiger partial charge in [-0.25, -0.2) is 0 Å². The summed E-state index contributed by atoms with van der Waals surface area (Å²) in [5, 5.41) is 11.9. The summed E-state index contributed by atoms with van der Waals surface area (Å²) in [6, 6.07) is 18.0. The van der Waals surface area contributed by atoms with Crippen LogP contribution in [0.1, 0.15) is 36.4 Å². The zero-order valence-corrected chi connectivity index (χ0v) is 15.4. The van der Waals surface area contributed by atoms with Crippen molar-refractivity contribution in [3.63, 3.8) is 0 Å². The molecule has 3 rings (SSSR count). The van der Waals surface area contributed by atoms with Crippen LogP contribution in [0, 0.1) is 0 Å². The Morgan fingerprint density at radius 1 is 1.07 bits per heavy atom. The van der Waals surface area contributed by atoms with Gasteiger partial charge in [0, 0.05) is 16.8 Å². The lowest BCUT2D eigenvalue weighted by Gasteiger charge is -2.12. The number of hydrogen-bond acceptors (Lipinski definition) is 4. The first-order chi connectivity index (χ1) is 13.1. The summed E-state index contributed by atoms with van der Waals surface area (Å²) >= 11 is 0. The molecule has 5 heteroatoms. The highest BCUT2D eigenvalue weighted by Crippen LogP contribution is 2.24. The van der Waals surface area contributed by atoms with Crippen molar-refractivity contribution >= 4 is 11.6 Å². The van der Waals surface area contributed by atoms with Crippen molar-refractivity contribution in [3.05, 3.63) is 72.0 Å². The van der Waals surface area contributed by atoms with Crippen molar-refractivity contribution in [2.24, 2.45) is 0 Å². The Bertz CT molecular complexity index is 881. The summed E-state index contributed by atoms with van der Waals surface area (Å²) in [6.45, 7) is 3.95. The maximum atomic E-state index is 12.4. The first kappa shape index (κ1) is 18.7. The summed E-state index contributed by atoms with van der Waals surface area (Å²) < 4.78 is 11.2. The molecular weight excluding hydrogens is 342 g/mol. The van der Waals surface area contributed by atoms with Crippen LogP contribution in [0.4, 0.5) is 5.69 Å². The van der Waals surface area contributed by atoms with Crippen LogP contribution < -0.4 is 10.1 Å². The number of amides is 1. The Morgan fingerprint density at radius 3 is 2.37 bits per heavy atom. The molecule has 1 aromatic heterocycles. The molecule has 3 aromatic rings. The molecule has 0 fully saturated rings. The number of ether oxygens (including phenoxy) is 1. The molecule has 0 radical (unpaired) electrons. The average molecular weight is 365 g/mol. The summed E-state index contributed by atoms with van der Waals surface area (Å²) in [5.74, 6) is 1.77. The minimum Gasteiger partial charge on any atom is -0.491 e. The summed E-state index contributed by atoms with van der Waals surface area (Å²) in [6.07, 6.45) is 1.07. The standard InChI is InChI=1S/C22H23NO4/c1-3-15(2)26-19-10-6-17(7-11-19)22(25)23-18-8-4-16(5-9-18)21-13-12-20(14-24)27-21/h4-13,15,24H,3,14H2,1-2H3,(H,23,25). The van der Waals surface area contributed by atoms with Crippen molar-refractivity contribution in [1.29, 1.82) is 0 Å². The predicted molar refractivity (Wildman–Crippen MR) is 105 cm³/mol. The van der Waals surface area contributed by atoms with Gasteiger partial charge in [0.05, 0.1) is 6.10 Å². The van der Waals surface area contributed by atoms with Gasteiger partial charge in [0.25, 0.3) is 5.91 Å². The van der Waals surface area contributed by atoms with E-state index in [4.69, 9.17) is 14.3 Å². The Labute approximate surface area is 158 Å². The maximum Gasteiger partial charge on any atom is 0.255 e. The lowest BCUT2D eigenvalue weighted by atomic mass is 10.1. The molecule has 1 heterocycles. The Balaban J connectivity index is 1.63. The molecule has 0 saturated heterocycles. The fourth-order valence-electron chi connectivity index (χ4n) is 2.54. The van der Waals surface area contributed by atoms with Gasteiger partial charge >= 0.3 is 0 Å². The normalized spacial score (nSPS) is 11.8. The molecule has 1 atom stereocenters. The van der Waals surface area contributed by atoms with Crippen LogP contribution in [0.2, 0.25) is 0 Å². The number of aliphatic hydroxyl groups is 1. The number of anilines is 1. The van der Waals surface area contributed by atoms with Crippen molar-refractivity contribution in [2.45, 2.75) is 33.0 Å². The number of benzene rings is 2. The molecule has 0 aliphatic heterocycles.